The third-order valence-electron chi connectivity index (χ3n) is 9.81. The molecule has 5 aromatic carbocycles. The van der Waals surface area contributed by atoms with Crippen LogP contribution in [0.4, 0.5) is 22.7 Å². The summed E-state index contributed by atoms with van der Waals surface area (Å²) in [5, 5.41) is 10.1. The third kappa shape index (κ3) is 3.86. The van der Waals surface area contributed by atoms with E-state index in [1.807, 2.05) is 36.5 Å². The van der Waals surface area contributed by atoms with Crippen LogP contribution in [-0.4, -0.2) is 21.2 Å². The van der Waals surface area contributed by atoms with Gasteiger partial charge in [0.2, 0.25) is 5.89 Å². The first-order valence-electron chi connectivity index (χ1n) is 16.1. The Morgan fingerprint density at radius 2 is 1.45 bits per heavy atom. The second kappa shape index (κ2) is 9.36. The Hall–Kier alpha value is -5.82. The molecule has 5 heterocycles. The van der Waals surface area contributed by atoms with Crippen molar-refractivity contribution in [3.63, 3.8) is 0 Å². The van der Waals surface area contributed by atoms with Crippen molar-refractivity contribution in [1.82, 2.24) is 14.5 Å². The number of para-hydroxylation sites is 3. The van der Waals surface area contributed by atoms with Crippen LogP contribution < -0.4 is 27.0 Å². The fraction of sp³-hybridized carbons (Fsp3) is 0.100. The van der Waals surface area contributed by atoms with Crippen LogP contribution in [0.1, 0.15) is 26.3 Å². The topological polar surface area (TPSA) is 67.9 Å². The van der Waals surface area contributed by atoms with Crippen LogP contribution in [-0.2, 0) is 5.41 Å². The van der Waals surface area contributed by atoms with Gasteiger partial charge in [-0.2, -0.15) is 0 Å². The molecule has 8 aromatic rings. The van der Waals surface area contributed by atoms with E-state index in [1.165, 1.54) is 32.7 Å². The average molecular weight is 608 g/mol. The van der Waals surface area contributed by atoms with E-state index in [0.717, 1.165) is 56.3 Å². The number of fused-ring (bicyclic) bond motifs is 8. The molecule has 7 heteroatoms. The van der Waals surface area contributed by atoms with E-state index < -0.39 is 0 Å². The fourth-order valence-electron chi connectivity index (χ4n) is 7.53. The Kier molecular flexibility index (Phi) is 5.26. The quantitative estimate of drug-likeness (QED) is 0.196. The van der Waals surface area contributed by atoms with Crippen molar-refractivity contribution in [3.05, 3.63) is 121 Å². The van der Waals surface area contributed by atoms with Gasteiger partial charge in [0, 0.05) is 45.3 Å². The molecule has 2 aliphatic heterocycles. The SMILES string of the molecule is CC(C)(C)c1cc2c3c(c1)Nc1cc4c5ccccc5n(-c5ccccn5)c4cc1B3c1cc(-c3nc4ccccc4o3)ccc1N2. The molecular weight excluding hydrogens is 577 g/mol. The summed E-state index contributed by atoms with van der Waals surface area (Å²) in [6, 6.07) is 38.6. The molecule has 0 fully saturated rings. The molecule has 0 saturated heterocycles. The number of aromatic nitrogens is 3. The van der Waals surface area contributed by atoms with Crippen molar-refractivity contribution in [1.29, 1.82) is 0 Å². The second-order valence-corrected chi connectivity index (χ2v) is 13.7. The Labute approximate surface area is 272 Å². The van der Waals surface area contributed by atoms with Crippen LogP contribution in [0, 0.1) is 0 Å². The van der Waals surface area contributed by atoms with E-state index in [-0.39, 0.29) is 12.1 Å². The lowest BCUT2D eigenvalue weighted by Crippen LogP contribution is -2.59. The van der Waals surface area contributed by atoms with Crippen LogP contribution in [0.5, 0.6) is 0 Å². The lowest BCUT2D eigenvalue weighted by Gasteiger charge is -2.36. The predicted molar refractivity (Wildman–Crippen MR) is 194 cm³/mol. The minimum Gasteiger partial charge on any atom is -0.436 e. The molecule has 6 nitrogen and oxygen atoms in total. The number of hydrogen-bond donors (Lipinski definition) is 2. The molecule has 10 rings (SSSR count). The normalized spacial score (nSPS) is 13.3. The highest BCUT2D eigenvalue weighted by atomic mass is 16.3. The van der Waals surface area contributed by atoms with Crippen molar-refractivity contribution >= 4 is 78.8 Å². The monoisotopic (exact) mass is 607 g/mol. The Balaban J connectivity index is 1.26. The summed E-state index contributed by atoms with van der Waals surface area (Å²) < 4.78 is 8.54. The molecule has 0 bridgehead atoms. The van der Waals surface area contributed by atoms with Crippen molar-refractivity contribution in [3.8, 4) is 17.3 Å². The van der Waals surface area contributed by atoms with E-state index in [4.69, 9.17) is 14.4 Å². The van der Waals surface area contributed by atoms with Crippen LogP contribution >= 0.6 is 0 Å². The van der Waals surface area contributed by atoms with Gasteiger partial charge >= 0.3 is 0 Å². The number of nitrogens with one attached hydrogen (secondary N) is 2. The Bertz CT molecular complexity index is 2540. The summed E-state index contributed by atoms with van der Waals surface area (Å²) in [5.41, 5.74) is 14.3. The van der Waals surface area contributed by atoms with Crippen LogP contribution in [0.2, 0.25) is 0 Å². The van der Waals surface area contributed by atoms with Gasteiger partial charge in [-0.3, -0.25) is 4.57 Å². The highest BCUT2D eigenvalue weighted by Gasteiger charge is 2.39. The lowest BCUT2D eigenvalue weighted by molar-refractivity contribution is 0.591. The summed E-state index contributed by atoms with van der Waals surface area (Å²) in [5.74, 6) is 1.53. The smallest absolute Gasteiger partial charge is 0.252 e. The molecule has 0 aliphatic carbocycles. The molecule has 47 heavy (non-hydrogen) atoms. The number of nitrogens with zero attached hydrogens (tertiary/aromatic N) is 3. The van der Waals surface area contributed by atoms with Gasteiger partial charge in [0.05, 0.1) is 11.0 Å². The maximum atomic E-state index is 6.25. The number of pyridine rings is 1. The largest absolute Gasteiger partial charge is 0.436 e. The number of anilines is 4. The molecule has 0 amide bonds. The predicted octanol–water partition coefficient (Wildman–Crippen LogP) is 7.91. The van der Waals surface area contributed by atoms with Crippen LogP contribution in [0.3, 0.4) is 0 Å². The number of oxazole rings is 1. The molecule has 2 aliphatic rings. The first-order valence-corrected chi connectivity index (χ1v) is 16.1. The minimum absolute atomic E-state index is 0.00885. The number of rotatable bonds is 2. The number of benzene rings is 5. The van der Waals surface area contributed by atoms with Gasteiger partial charge in [0.15, 0.2) is 5.58 Å². The van der Waals surface area contributed by atoms with E-state index >= 15 is 0 Å². The standard InChI is InChI=1S/C40H30BN5O/c1-40(2,3)24-19-32-38-33(20-24)44-31-21-26-25-10-4-6-12-34(25)46(37-14-8-9-17-42-37)35(26)22-28(31)41(38)27-18-23(15-16-29(27)43-32)39-45-30-11-5-7-13-36(30)47-39/h4-22,43-44H,1-3H3. The minimum atomic E-state index is -0.0121. The molecular formula is C40H30BN5O. The number of hydrogen-bond acceptors (Lipinski definition) is 5. The van der Waals surface area contributed by atoms with Gasteiger partial charge in [-0.05, 0) is 94.1 Å². The Morgan fingerprint density at radius 1 is 0.681 bits per heavy atom. The maximum absolute atomic E-state index is 6.25. The molecule has 0 atom stereocenters. The van der Waals surface area contributed by atoms with Crippen molar-refractivity contribution in [2.24, 2.45) is 0 Å². The summed E-state index contributed by atoms with van der Waals surface area (Å²) in [6.07, 6.45) is 1.86. The molecule has 0 unspecified atom stereocenters. The highest BCUT2D eigenvalue weighted by Crippen LogP contribution is 2.39. The highest BCUT2D eigenvalue weighted by molar-refractivity contribution is 7.00. The maximum Gasteiger partial charge on any atom is 0.252 e. The fourth-order valence-corrected chi connectivity index (χ4v) is 7.53. The zero-order valence-electron chi connectivity index (χ0n) is 26.3. The summed E-state index contributed by atoms with van der Waals surface area (Å²) >= 11 is 0. The van der Waals surface area contributed by atoms with E-state index in [1.54, 1.807) is 0 Å². The summed E-state index contributed by atoms with van der Waals surface area (Å²) in [6.45, 7) is 6.81. The van der Waals surface area contributed by atoms with Crippen molar-refractivity contribution in [2.75, 3.05) is 10.6 Å². The molecule has 0 saturated carbocycles. The zero-order valence-corrected chi connectivity index (χ0v) is 26.3. The van der Waals surface area contributed by atoms with Gasteiger partial charge in [-0.1, -0.05) is 63.2 Å². The third-order valence-corrected chi connectivity index (χ3v) is 9.81. The van der Waals surface area contributed by atoms with E-state index in [2.05, 4.69) is 115 Å². The first-order chi connectivity index (χ1) is 22.9. The van der Waals surface area contributed by atoms with E-state index in [9.17, 15) is 0 Å². The van der Waals surface area contributed by atoms with Crippen molar-refractivity contribution < 1.29 is 4.42 Å². The summed E-state index contributed by atoms with van der Waals surface area (Å²) in [7, 11) is 0. The average Bonchev–Trinajstić information content (AvgIpc) is 3.66. The summed E-state index contributed by atoms with van der Waals surface area (Å²) in [4.78, 5) is 9.63. The van der Waals surface area contributed by atoms with Crippen LogP contribution in [0.25, 0.3) is 50.2 Å². The van der Waals surface area contributed by atoms with E-state index in [0.29, 0.717) is 5.89 Å². The molecule has 0 spiro atoms. The van der Waals surface area contributed by atoms with Gasteiger partial charge in [0.25, 0.3) is 6.71 Å². The second-order valence-electron chi connectivity index (χ2n) is 13.7. The van der Waals surface area contributed by atoms with Gasteiger partial charge in [0.1, 0.15) is 11.3 Å². The molecule has 0 radical (unpaired) electrons. The van der Waals surface area contributed by atoms with Gasteiger partial charge in [-0.15, -0.1) is 0 Å². The molecule has 3 aromatic heterocycles. The molecule has 2 N–H and O–H groups in total. The lowest BCUT2D eigenvalue weighted by atomic mass is 9.33. The van der Waals surface area contributed by atoms with Gasteiger partial charge < -0.3 is 15.1 Å². The first kappa shape index (κ1) is 26.4. The van der Waals surface area contributed by atoms with Crippen LogP contribution in [0.15, 0.2) is 120 Å². The Morgan fingerprint density at radius 3 is 2.26 bits per heavy atom. The zero-order chi connectivity index (χ0) is 31.4. The van der Waals surface area contributed by atoms with Gasteiger partial charge in [-0.25, -0.2) is 9.97 Å². The molecule has 224 valence electrons. The van der Waals surface area contributed by atoms with Crippen molar-refractivity contribution in [2.45, 2.75) is 26.2 Å².